The van der Waals surface area contributed by atoms with E-state index in [0.717, 1.165) is 22.3 Å². The lowest BCUT2D eigenvalue weighted by Gasteiger charge is -2.47. The van der Waals surface area contributed by atoms with Crippen LogP contribution < -0.4 is 21.3 Å². The van der Waals surface area contributed by atoms with Crippen LogP contribution >= 0.6 is 92.8 Å². The maximum Gasteiger partial charge on any atom is 0.306 e. The number of aliphatic carboxylic acids is 4. The summed E-state index contributed by atoms with van der Waals surface area (Å²) >= 11 is 49.2. The molecule has 36 heteroatoms. The summed E-state index contributed by atoms with van der Waals surface area (Å²) in [6, 6.07) is 53.5. The minimum absolute atomic E-state index is 0.482. The van der Waals surface area contributed by atoms with E-state index in [-0.39, 0.29) is 0 Å². The first kappa shape index (κ1) is 101. The van der Waals surface area contributed by atoms with Crippen molar-refractivity contribution in [2.45, 2.75) is 202 Å². The van der Waals surface area contributed by atoms with Gasteiger partial charge < -0.3 is 80.2 Å². The molecule has 128 heavy (non-hydrogen) atoms. The summed E-state index contributed by atoms with van der Waals surface area (Å²) in [5, 5.41) is 52.4. The predicted molar refractivity (Wildman–Crippen MR) is 481 cm³/mol. The highest BCUT2D eigenvalue weighted by atomic mass is 35.5. The molecular weight excluding hydrogens is 1820 g/mol. The van der Waals surface area contributed by atoms with Gasteiger partial charge in [0.1, 0.15) is 73.5 Å². The number of hydrogen-bond donors (Lipinski definition) is 8. The third-order valence-electron chi connectivity index (χ3n) is 21.3. The van der Waals surface area contributed by atoms with E-state index < -0.39 is 171 Å². The third kappa shape index (κ3) is 26.9. The van der Waals surface area contributed by atoms with E-state index in [1.54, 1.807) is 170 Å². The molecule has 2 unspecified atom stereocenters. The number of halogens is 8. The normalized spacial score (nSPS) is 21.8. The fourth-order valence-corrected chi connectivity index (χ4v) is 17.3. The molecule has 16 atom stereocenters. The van der Waals surface area contributed by atoms with Crippen molar-refractivity contribution in [3.8, 4) is 0 Å². The molecule has 4 aliphatic rings. The zero-order valence-corrected chi connectivity index (χ0v) is 75.7. The van der Waals surface area contributed by atoms with Gasteiger partial charge in [0.15, 0.2) is 0 Å². The molecule has 0 bridgehead atoms. The minimum Gasteiger partial charge on any atom is -0.481 e. The Morgan fingerprint density at radius 2 is 0.477 bits per heavy atom. The van der Waals surface area contributed by atoms with E-state index in [1.165, 1.54) is 19.6 Å². The van der Waals surface area contributed by atoms with Crippen LogP contribution in [0.25, 0.3) is 0 Å². The number of rotatable bonds is 36. The highest BCUT2D eigenvalue weighted by Crippen LogP contribution is 2.50. The number of carboxylic acids is 4. The van der Waals surface area contributed by atoms with Crippen molar-refractivity contribution in [2.75, 3.05) is 0 Å². The van der Waals surface area contributed by atoms with Gasteiger partial charge in [-0.1, -0.05) is 243 Å². The van der Waals surface area contributed by atoms with Gasteiger partial charge in [0, 0.05) is 40.2 Å². The second-order valence-corrected chi connectivity index (χ2v) is 33.6. The van der Waals surface area contributed by atoms with Crippen LogP contribution in [0, 0.1) is 0 Å². The van der Waals surface area contributed by atoms with E-state index >= 15 is 0 Å². The topological polar surface area (TPSA) is 384 Å². The predicted octanol–water partition coefficient (Wildman–Crippen LogP) is 17.4. The van der Waals surface area contributed by atoms with Crippen LogP contribution in [0.4, 0.5) is 0 Å². The summed E-state index contributed by atoms with van der Waals surface area (Å²) in [5.74, 6) is -6.64. The molecule has 8 N–H and O–H groups in total. The van der Waals surface area contributed by atoms with Crippen molar-refractivity contribution >= 4 is 166 Å². The number of hydrogen-bond acceptors (Lipinski definition) is 16. The first-order chi connectivity index (χ1) is 61.4. The van der Waals surface area contributed by atoms with Crippen molar-refractivity contribution in [1.29, 1.82) is 0 Å². The van der Waals surface area contributed by atoms with Gasteiger partial charge in [0.25, 0.3) is 23.6 Å². The van der Waals surface area contributed by atoms with E-state index in [4.69, 9.17) is 112 Å². The van der Waals surface area contributed by atoms with Crippen molar-refractivity contribution in [1.82, 2.24) is 40.9 Å². The van der Waals surface area contributed by atoms with Gasteiger partial charge in [-0.05, 0) is 167 Å². The average Bonchev–Trinajstić information content (AvgIpc) is 0.772. The molecule has 8 aromatic carbocycles. The smallest absolute Gasteiger partial charge is 0.306 e. The first-order valence-electron chi connectivity index (χ1n) is 41.0. The number of nitrogens with one attached hydrogen (secondary N) is 4. The van der Waals surface area contributed by atoms with Gasteiger partial charge >= 0.3 is 23.9 Å². The van der Waals surface area contributed by atoms with Gasteiger partial charge in [-0.2, -0.15) is 0 Å². The number of nitrogens with zero attached hydrogens (tertiary/aromatic N) is 4. The Morgan fingerprint density at radius 3 is 0.625 bits per heavy atom. The standard InChI is InChI=1S/4C23H24Cl2N2O5/c4*1-2-4-19(26-13-28)27-21(14-7-9-16(24)10-8-14)22(15-5-3-6-17(25)11-15)32-18(23(27)31)12-20(29)30/h4*3,5-11,13,18-19,21-22H,2,4,12H2,1H3,(H,26,28)(H,29,30)/t2*18-,19?,21+,22-;18-,19+,21+,22-;18-,19-,21+,22-/m1001/s1. The van der Waals surface area contributed by atoms with E-state index in [9.17, 15) is 78.0 Å². The van der Waals surface area contributed by atoms with Crippen LogP contribution in [0.5, 0.6) is 0 Å². The molecule has 8 aromatic rings. The third-order valence-corrected chi connectivity index (χ3v) is 23.3. The van der Waals surface area contributed by atoms with Crippen molar-refractivity contribution in [2.24, 2.45) is 0 Å². The lowest BCUT2D eigenvalue weighted by atomic mass is 9.90. The number of ether oxygens (including phenoxy) is 4. The van der Waals surface area contributed by atoms with Crippen LogP contribution in [0.15, 0.2) is 194 Å². The van der Waals surface area contributed by atoms with Crippen molar-refractivity contribution < 1.29 is 96.9 Å². The summed E-state index contributed by atoms with van der Waals surface area (Å²) in [6.07, 6.45) is -5.45. The number of morpholine rings is 4. The first-order valence-corrected chi connectivity index (χ1v) is 44.0. The lowest BCUT2D eigenvalue weighted by molar-refractivity contribution is -0.185. The Hall–Kier alpha value is -10.4. The molecule has 28 nitrogen and oxygen atoms in total. The lowest BCUT2D eigenvalue weighted by Crippen LogP contribution is -2.58. The van der Waals surface area contributed by atoms with Crippen LogP contribution in [-0.4, -0.2) is 162 Å². The minimum atomic E-state index is -1.21. The number of carboxylic acid groups (broad SMARTS) is 4. The molecule has 4 aliphatic heterocycles. The zero-order chi connectivity index (χ0) is 93.0. The summed E-state index contributed by atoms with van der Waals surface area (Å²) in [7, 11) is 0. The largest absolute Gasteiger partial charge is 0.481 e. The fraction of sp³-hybridized carbons (Fsp3) is 0.348. The molecule has 680 valence electrons. The molecule has 8 amide bonds. The summed E-state index contributed by atoms with van der Waals surface area (Å²) in [4.78, 5) is 151. The van der Waals surface area contributed by atoms with E-state index in [2.05, 4.69) is 21.3 Å². The van der Waals surface area contributed by atoms with Gasteiger partial charge in [-0.25, -0.2) is 0 Å². The van der Waals surface area contributed by atoms with Crippen LogP contribution in [0.2, 0.25) is 40.2 Å². The molecule has 4 saturated heterocycles. The Labute approximate surface area is 779 Å². The number of carbonyl (C=O) groups is 12. The molecule has 0 aliphatic carbocycles. The maximum atomic E-state index is 13.5. The van der Waals surface area contributed by atoms with Crippen molar-refractivity contribution in [3.63, 3.8) is 0 Å². The van der Waals surface area contributed by atoms with Gasteiger partial charge in [-0.15, -0.1) is 0 Å². The average molecular weight is 1920 g/mol. The SMILES string of the molecule is CCCC(NC=O)N1C(=O)[C@@H](CC(=O)O)O[C@H](c2cccc(Cl)c2)[C@@H]1c1ccc(Cl)cc1.CCCC(NC=O)N1C(=O)[C@H](CC(=O)O)O[C@@H](c2cccc(Cl)c2)[C@H]1c1ccc(Cl)cc1.CCC[C@H](NC=O)N1C(=O)[C@@H](CC(=O)O)O[C@H](c2cccc(Cl)c2)[C@@H]1c1ccc(Cl)cc1.CCC[C@H](NC=O)N1C(=O)[C@H](CC(=O)O)O[C@@H](c2cccc(Cl)c2)[C@H]1c1ccc(Cl)cc1. The van der Waals surface area contributed by atoms with Gasteiger partial charge in [-0.3, -0.25) is 57.5 Å². The van der Waals surface area contributed by atoms with Crippen LogP contribution in [-0.2, 0) is 76.5 Å². The Kier molecular flexibility index (Phi) is 39.1. The van der Waals surface area contributed by atoms with E-state index in [1.807, 2.05) is 52.0 Å². The summed E-state index contributed by atoms with van der Waals surface area (Å²) < 4.78 is 24.4. The highest BCUT2D eigenvalue weighted by molar-refractivity contribution is 6.32. The van der Waals surface area contributed by atoms with E-state index in [0.29, 0.717) is 139 Å². The Bertz CT molecular complexity index is 4500. The molecule has 12 rings (SSSR count). The van der Waals surface area contributed by atoms with Crippen LogP contribution in [0.1, 0.15) is 198 Å². The molecule has 0 spiro atoms. The Balaban J connectivity index is 0.000000193. The molecule has 0 saturated carbocycles. The monoisotopic (exact) mass is 1910 g/mol. The molecule has 4 fully saturated rings. The van der Waals surface area contributed by atoms with Crippen molar-refractivity contribution in [3.05, 3.63) is 279 Å². The molecule has 4 heterocycles. The van der Waals surface area contributed by atoms with Crippen LogP contribution in [0.3, 0.4) is 0 Å². The number of carbonyl (C=O) groups excluding carboxylic acids is 8. The molecule has 0 radical (unpaired) electrons. The number of benzene rings is 8. The second kappa shape index (κ2) is 49.4. The Morgan fingerprint density at radius 1 is 0.297 bits per heavy atom. The van der Waals surface area contributed by atoms with Gasteiger partial charge in [0.05, 0.1) is 49.9 Å². The zero-order valence-electron chi connectivity index (χ0n) is 69.6. The molecular formula is C92H96Cl8N8O20. The molecule has 0 aromatic heterocycles. The quantitative estimate of drug-likeness (QED) is 0.0169. The second-order valence-electron chi connectivity index (χ2n) is 30.1. The number of amides is 8. The summed E-state index contributed by atoms with van der Waals surface area (Å²) in [6.45, 7) is 7.74. The summed E-state index contributed by atoms with van der Waals surface area (Å²) in [5.41, 5.74) is 5.67. The maximum absolute atomic E-state index is 13.5. The fourth-order valence-electron chi connectivity index (χ4n) is 16.0. The van der Waals surface area contributed by atoms with Gasteiger partial charge in [0.2, 0.25) is 25.6 Å². The highest BCUT2D eigenvalue weighted by Gasteiger charge is 2.52.